The van der Waals surface area contributed by atoms with Gasteiger partial charge in [0.15, 0.2) is 61.7 Å². The Morgan fingerprint density at radius 2 is 0.500 bits per heavy atom. The van der Waals surface area contributed by atoms with Crippen LogP contribution in [-0.2, 0) is 80.5 Å². The third-order valence-electron chi connectivity index (χ3n) is 19.3. The van der Waals surface area contributed by atoms with Crippen LogP contribution in [0.1, 0.15) is 0 Å². The molecule has 0 amide bonds. The van der Waals surface area contributed by atoms with Gasteiger partial charge in [-0.05, 0) is 12.2 Å². The molecule has 0 spiro atoms. The lowest BCUT2D eigenvalue weighted by molar-refractivity contribution is -0.396. The van der Waals surface area contributed by atoms with Gasteiger partial charge in [-0.25, -0.2) is 0 Å². The first-order valence-corrected chi connectivity index (χ1v) is 32.9. The molecule has 592 valence electrons. The molecule has 14 bridgehead atoms. The third kappa shape index (κ3) is 16.7. The molecule has 23 saturated heterocycles. The highest BCUT2D eigenvalue weighted by atomic mass is 32.1. The molecule has 0 aromatic rings. The standard InChI is InChI=1S/C55H92N2O44S/c58-2-11-19(66)20(67)30(77)47(87-11)95-39-12(3-59)85-46(29(76)21(39)68)57-55(102)56-1-10-38-22(69)31(78)48(86-10)96-40-13(4-60)89-50(33(80)24(40)71)98-42-15(6-62)91-52(35(82)26(42)73)100-44-17(8-64)93-54(37(84)28(44)75)101-45-18(9-65)92-53(36(83)27(45)74)99-43-16(7-63)90-51(34(81)25(43)72)97-41-14(5-61)88-49(94-38)32(79)23(41)70/h10-54,58-84H,1-9H2,(H2,56,57,102)/t10-,11-,12-,13-,14-,15-,16-,17-,18-,19-,20+,21-,22-,23-,24-,25-,26-,27-,28-,29-,30-,31-,32-,33-,34-,35-,36-,37-,38-,39-,40-,41-,42-,43-,44-,45-,46-,47+,48-,49-,50-,51-,52-,53-,54-/m1/s1. The molecule has 45 atom stereocenters. The van der Waals surface area contributed by atoms with Gasteiger partial charge in [-0.15, -0.1) is 0 Å². The van der Waals surface area contributed by atoms with Crippen LogP contribution >= 0.6 is 12.2 Å². The fourth-order valence-electron chi connectivity index (χ4n) is 13.5. The minimum absolute atomic E-state index is 0.536. The van der Waals surface area contributed by atoms with Crippen LogP contribution in [0.4, 0.5) is 0 Å². The summed E-state index contributed by atoms with van der Waals surface area (Å²) in [7, 11) is 0. The van der Waals surface area contributed by atoms with Crippen LogP contribution in [0.2, 0.25) is 0 Å². The van der Waals surface area contributed by atoms with Crippen molar-refractivity contribution in [3.05, 3.63) is 0 Å². The predicted molar refractivity (Wildman–Crippen MR) is 311 cm³/mol. The van der Waals surface area contributed by atoms with Crippen molar-refractivity contribution in [3.63, 3.8) is 0 Å². The summed E-state index contributed by atoms with van der Waals surface area (Å²) in [5, 5.41) is 304. The maximum Gasteiger partial charge on any atom is 0.187 e. The summed E-state index contributed by atoms with van der Waals surface area (Å²) >= 11 is 5.46. The number of nitrogens with one attached hydrogen (secondary N) is 2. The molecule has 23 fully saturated rings. The monoisotopic (exact) mass is 1520 g/mol. The quantitative estimate of drug-likeness (QED) is 0.0762. The van der Waals surface area contributed by atoms with E-state index in [-0.39, 0.29) is 0 Å². The molecule has 0 unspecified atom stereocenters. The number of ether oxygens (including phenoxy) is 17. The maximum atomic E-state index is 12.0. The molecule has 23 heterocycles. The predicted octanol–water partition coefficient (Wildman–Crippen LogP) is -20.1. The molecule has 102 heavy (non-hydrogen) atoms. The first-order chi connectivity index (χ1) is 48.5. The van der Waals surface area contributed by atoms with Gasteiger partial charge in [0.1, 0.15) is 220 Å². The van der Waals surface area contributed by atoms with Crippen molar-refractivity contribution in [1.29, 1.82) is 0 Å². The van der Waals surface area contributed by atoms with Gasteiger partial charge in [-0.3, -0.25) is 0 Å². The smallest absolute Gasteiger partial charge is 0.187 e. The van der Waals surface area contributed by atoms with Crippen molar-refractivity contribution in [2.24, 2.45) is 0 Å². The summed E-state index contributed by atoms with van der Waals surface area (Å²) in [5.74, 6) is 0. The van der Waals surface area contributed by atoms with E-state index in [1.165, 1.54) is 0 Å². The van der Waals surface area contributed by atoms with Crippen molar-refractivity contribution < 1.29 is 218 Å². The summed E-state index contributed by atoms with van der Waals surface area (Å²) < 4.78 is 97.9. The second-order valence-corrected chi connectivity index (χ2v) is 26.3. The fraction of sp³-hybridized carbons (Fsp3) is 0.982. The molecular weight excluding hydrogens is 1420 g/mol. The Labute approximate surface area is 580 Å². The van der Waals surface area contributed by atoms with Crippen LogP contribution in [-0.4, -0.2) is 479 Å². The van der Waals surface area contributed by atoms with Crippen LogP contribution in [0.15, 0.2) is 0 Å². The van der Waals surface area contributed by atoms with E-state index in [0.717, 1.165) is 0 Å². The molecule has 0 radical (unpaired) electrons. The van der Waals surface area contributed by atoms with E-state index in [4.69, 9.17) is 92.7 Å². The van der Waals surface area contributed by atoms with Crippen LogP contribution in [0, 0.1) is 0 Å². The van der Waals surface area contributed by atoms with Crippen LogP contribution in [0.5, 0.6) is 0 Å². The summed E-state index contributed by atoms with van der Waals surface area (Å²) in [6.45, 7) is -9.36. The van der Waals surface area contributed by atoms with Crippen LogP contribution < -0.4 is 10.6 Å². The Morgan fingerprint density at radius 1 is 0.245 bits per heavy atom. The Hall–Kier alpha value is -2.07. The molecule has 0 aromatic heterocycles. The Bertz CT molecular complexity index is 2600. The molecule has 23 aliphatic rings. The van der Waals surface area contributed by atoms with E-state index >= 15 is 0 Å². The van der Waals surface area contributed by atoms with Gasteiger partial charge in [0.05, 0.1) is 52.9 Å². The zero-order valence-electron chi connectivity index (χ0n) is 53.3. The largest absolute Gasteiger partial charge is 0.394 e. The van der Waals surface area contributed by atoms with E-state index in [1.54, 1.807) is 0 Å². The first-order valence-electron chi connectivity index (χ1n) is 32.5. The third-order valence-corrected chi connectivity index (χ3v) is 19.6. The molecule has 23 aliphatic heterocycles. The topological polar surface area (TPSA) is 727 Å². The molecule has 0 aromatic carbocycles. The molecule has 23 rings (SSSR count). The van der Waals surface area contributed by atoms with Gasteiger partial charge >= 0.3 is 0 Å². The van der Waals surface area contributed by atoms with E-state index in [1.807, 2.05) is 0 Å². The second-order valence-electron chi connectivity index (χ2n) is 25.9. The maximum absolute atomic E-state index is 12.0. The molecule has 29 N–H and O–H groups in total. The summed E-state index contributed by atoms with van der Waals surface area (Å²) in [6.07, 6.45) is -92.3. The minimum atomic E-state index is -2.38. The molecule has 0 saturated carbocycles. The second kappa shape index (κ2) is 35.3. The minimum Gasteiger partial charge on any atom is -0.394 e. The van der Waals surface area contributed by atoms with Gasteiger partial charge in [0.2, 0.25) is 0 Å². The summed E-state index contributed by atoms with van der Waals surface area (Å²) in [6, 6.07) is 0. The van der Waals surface area contributed by atoms with Crippen molar-refractivity contribution in [1.82, 2.24) is 10.6 Å². The molecular formula is C55H92N2O44S. The lowest BCUT2D eigenvalue weighted by Crippen LogP contribution is -2.69. The Balaban J connectivity index is 0.917. The van der Waals surface area contributed by atoms with Gasteiger partial charge in [-0.1, -0.05) is 0 Å². The normalized spacial score (nSPS) is 53.7. The number of rotatable bonds is 13. The average Bonchev–Trinajstić information content (AvgIpc) is 0.778. The fourth-order valence-corrected chi connectivity index (χ4v) is 13.7. The number of thiocarbonyl (C=S) groups is 1. The summed E-state index contributed by atoms with van der Waals surface area (Å²) in [5.41, 5.74) is 0. The number of aliphatic hydroxyl groups is 27. The van der Waals surface area contributed by atoms with Crippen LogP contribution in [0.3, 0.4) is 0 Å². The number of hydrogen-bond donors (Lipinski definition) is 29. The molecule has 46 nitrogen and oxygen atoms in total. The Kier molecular flexibility index (Phi) is 28.5. The van der Waals surface area contributed by atoms with Gasteiger partial charge in [0, 0.05) is 6.54 Å². The highest BCUT2D eigenvalue weighted by molar-refractivity contribution is 7.80. The lowest BCUT2D eigenvalue weighted by atomic mass is 9.95. The molecule has 47 heteroatoms. The zero-order valence-corrected chi connectivity index (χ0v) is 54.1. The van der Waals surface area contributed by atoms with E-state index in [9.17, 15) is 138 Å². The first kappa shape index (κ1) is 82.4. The van der Waals surface area contributed by atoms with Crippen LogP contribution in [0.25, 0.3) is 0 Å². The van der Waals surface area contributed by atoms with Gasteiger partial charge < -0.3 is 229 Å². The zero-order chi connectivity index (χ0) is 74.4. The Morgan fingerprint density at radius 3 is 0.765 bits per heavy atom. The van der Waals surface area contributed by atoms with Crippen molar-refractivity contribution >= 4 is 17.3 Å². The van der Waals surface area contributed by atoms with Crippen molar-refractivity contribution in [2.45, 2.75) is 276 Å². The average molecular weight is 1520 g/mol. The number of aliphatic hydroxyl groups excluding tert-OH is 27. The lowest BCUT2D eigenvalue weighted by Gasteiger charge is -2.50. The number of hydrogen-bond acceptors (Lipinski definition) is 45. The highest BCUT2D eigenvalue weighted by Crippen LogP contribution is 2.40. The van der Waals surface area contributed by atoms with E-state index < -0.39 is 341 Å². The van der Waals surface area contributed by atoms with E-state index in [0.29, 0.717) is 0 Å². The van der Waals surface area contributed by atoms with Gasteiger partial charge in [0.25, 0.3) is 0 Å². The molecule has 0 aliphatic carbocycles. The summed E-state index contributed by atoms with van der Waals surface area (Å²) in [4.78, 5) is 0. The van der Waals surface area contributed by atoms with Gasteiger partial charge in [-0.2, -0.15) is 0 Å². The van der Waals surface area contributed by atoms with Crippen molar-refractivity contribution in [3.8, 4) is 0 Å². The SMILES string of the molecule is OC[C@H]1O[C@@H](O[C@H]2[C@H](O)[C@@H](O)[C@H](NC(=S)NC[C@H]3O[C@@H]4O[C@H]5[C@H](O)[C@@H](O)[C@@H](O[C@H]6[C@H](O)[C@@H](O)[C@@H](O[C@H]7[C@H](O)[C@@H](O)[C@@H](O[C@H]8[C@H](O)[C@@H](O)[C@@H](O[C@H]9[C@H](O)[C@@H](O)[C@@H](O[C@H]%10[C@H](O)[C@@H](O)[C@@H](O[C@H]3[C@H](O)[C@H]4O)O[C@@H]%10CO)O[C@@H]9CO)O[C@@H]8CO)O[C@@H]7CO)O[C@@H]6CO)O[C@@H]5CO)O[C@@H]2CO)[C@H](O)[C@@H](O)[C@@H]1O. The highest BCUT2D eigenvalue weighted by Gasteiger charge is 2.61. The van der Waals surface area contributed by atoms with Crippen molar-refractivity contribution in [2.75, 3.05) is 59.4 Å². The van der Waals surface area contributed by atoms with E-state index in [2.05, 4.69) is 10.6 Å².